The summed E-state index contributed by atoms with van der Waals surface area (Å²) in [5, 5.41) is 29.1. The van der Waals surface area contributed by atoms with Crippen LogP contribution in [0.15, 0.2) is 34.1 Å². The number of anilines is 1. The van der Waals surface area contributed by atoms with Gasteiger partial charge >= 0.3 is 5.69 Å². The maximum atomic E-state index is 11.8. The second-order valence-electron chi connectivity index (χ2n) is 4.57. The molecule has 114 valence electrons. The van der Waals surface area contributed by atoms with Crippen molar-refractivity contribution < 1.29 is 15.5 Å². The second-order valence-corrected chi connectivity index (χ2v) is 4.57. The number of nitrogens with zero attached hydrogens (tertiary/aromatic N) is 3. The van der Waals surface area contributed by atoms with Gasteiger partial charge in [-0.15, -0.1) is 5.23 Å². The van der Waals surface area contributed by atoms with Crippen LogP contribution in [0.25, 0.3) is 11.2 Å². The first-order valence-corrected chi connectivity index (χ1v) is 6.11. The zero-order chi connectivity index (χ0) is 15.9. The molecule has 0 saturated carbocycles. The highest BCUT2D eigenvalue weighted by Crippen LogP contribution is 2.24. The fraction of sp³-hybridized carbons (Fsp3) is 0.0833. The number of hydrogen-bond donors (Lipinski definition) is 4. The van der Waals surface area contributed by atoms with Gasteiger partial charge in [0.2, 0.25) is 0 Å². The summed E-state index contributed by atoms with van der Waals surface area (Å²) in [6.45, 7) is 0.146. The third-order valence-corrected chi connectivity index (χ3v) is 3.10. The molecule has 0 aliphatic carbocycles. The summed E-state index contributed by atoms with van der Waals surface area (Å²) in [4.78, 5) is 31.4. The molecule has 2 heterocycles. The first-order chi connectivity index (χ1) is 10.5. The van der Waals surface area contributed by atoms with Gasteiger partial charge in [0.05, 0.1) is 12.0 Å². The van der Waals surface area contributed by atoms with Crippen molar-refractivity contribution in [3.05, 3.63) is 50.9 Å². The molecule has 0 atom stereocenters. The lowest BCUT2D eigenvalue weighted by molar-refractivity contribution is -0.268. The molecule has 0 amide bonds. The van der Waals surface area contributed by atoms with E-state index in [2.05, 4.69) is 15.0 Å². The Morgan fingerprint density at radius 3 is 2.77 bits per heavy atom. The lowest BCUT2D eigenvalue weighted by Gasteiger charge is -2.18. The molecule has 3 aromatic rings. The van der Waals surface area contributed by atoms with Crippen LogP contribution in [0.2, 0.25) is 0 Å². The van der Waals surface area contributed by atoms with Gasteiger partial charge in [-0.05, 0) is 11.6 Å². The van der Waals surface area contributed by atoms with Crippen LogP contribution in [-0.2, 0) is 6.54 Å². The van der Waals surface area contributed by atoms with E-state index in [1.807, 2.05) is 0 Å². The Bertz CT molecular complexity index is 954. The molecule has 3 rings (SSSR count). The normalized spacial score (nSPS) is 11.0. The van der Waals surface area contributed by atoms with E-state index in [1.54, 1.807) is 0 Å². The number of hydrogen-bond acceptors (Lipinski definition) is 7. The molecule has 4 N–H and O–H groups in total. The minimum absolute atomic E-state index is 0.139. The molecule has 0 aliphatic rings. The van der Waals surface area contributed by atoms with Crippen molar-refractivity contribution in [3.63, 3.8) is 0 Å². The fourth-order valence-corrected chi connectivity index (χ4v) is 2.15. The highest BCUT2D eigenvalue weighted by molar-refractivity contribution is 5.69. The summed E-state index contributed by atoms with van der Waals surface area (Å²) in [6.07, 6.45) is 1.36. The van der Waals surface area contributed by atoms with E-state index in [0.717, 1.165) is 0 Å². The quantitative estimate of drug-likeness (QED) is 0.459. The third-order valence-electron chi connectivity index (χ3n) is 3.10. The number of nitrogens with one attached hydrogen (secondary N) is 2. The predicted octanol–water partition coefficient (Wildman–Crippen LogP) is -0.880. The largest absolute Gasteiger partial charge is 0.871 e. The predicted molar refractivity (Wildman–Crippen MR) is 72.0 cm³/mol. The average molecular weight is 304 g/mol. The summed E-state index contributed by atoms with van der Waals surface area (Å²) < 4.78 is 1.47. The van der Waals surface area contributed by atoms with E-state index < -0.39 is 17.0 Å². The molecule has 22 heavy (non-hydrogen) atoms. The average Bonchev–Trinajstić information content (AvgIpc) is 2.83. The van der Waals surface area contributed by atoms with Gasteiger partial charge in [-0.1, -0.05) is 17.9 Å². The van der Waals surface area contributed by atoms with E-state index in [4.69, 9.17) is 10.4 Å². The van der Waals surface area contributed by atoms with Crippen molar-refractivity contribution in [2.75, 3.05) is 5.23 Å². The standard InChI is InChI=1S/C12H11N5O5/c18-8-2-1-6(3-7(8)17(21)22)4-16-5-13-10-9(16)11(19)15-12(20)14-10/h1-3,5,18,21-22H,4H2,(H2,14,15,19,20)/p-1. The van der Waals surface area contributed by atoms with Crippen LogP contribution in [0.4, 0.5) is 5.69 Å². The van der Waals surface area contributed by atoms with Crippen LogP contribution >= 0.6 is 0 Å². The maximum Gasteiger partial charge on any atom is 0.327 e. The highest BCUT2D eigenvalue weighted by Gasteiger charge is 2.10. The zero-order valence-corrected chi connectivity index (χ0v) is 11.0. The minimum atomic E-state index is -0.656. The molecule has 0 aliphatic heterocycles. The van der Waals surface area contributed by atoms with E-state index in [9.17, 15) is 14.7 Å². The summed E-state index contributed by atoms with van der Waals surface area (Å²) in [5.41, 5.74) is -0.728. The summed E-state index contributed by atoms with van der Waals surface area (Å²) in [5.74, 6) is -0.564. The number of rotatable bonds is 3. The first kappa shape index (κ1) is 13.9. The van der Waals surface area contributed by atoms with Gasteiger partial charge in [-0.3, -0.25) is 25.2 Å². The first-order valence-electron chi connectivity index (χ1n) is 6.11. The van der Waals surface area contributed by atoms with Gasteiger partial charge in [0, 0.05) is 6.54 Å². The summed E-state index contributed by atoms with van der Waals surface area (Å²) in [6, 6.07) is 3.93. The number of aromatic nitrogens is 4. The lowest BCUT2D eigenvalue weighted by Crippen LogP contribution is -2.23. The zero-order valence-electron chi connectivity index (χ0n) is 11.0. The number of imidazole rings is 1. The lowest BCUT2D eigenvalue weighted by atomic mass is 10.2. The van der Waals surface area contributed by atoms with Crippen molar-refractivity contribution in [3.8, 4) is 5.75 Å². The topological polar surface area (TPSA) is 150 Å². The van der Waals surface area contributed by atoms with Crippen molar-refractivity contribution >= 4 is 16.9 Å². The Labute approximate surface area is 121 Å². The number of fused-ring (bicyclic) bond motifs is 1. The third kappa shape index (κ3) is 2.32. The molecule has 0 unspecified atom stereocenters. The van der Waals surface area contributed by atoms with Crippen LogP contribution in [0.5, 0.6) is 5.75 Å². The number of benzene rings is 1. The van der Waals surface area contributed by atoms with Gasteiger partial charge in [0.1, 0.15) is 0 Å². The molecular weight excluding hydrogens is 294 g/mol. The molecule has 10 nitrogen and oxygen atoms in total. The molecule has 0 spiro atoms. The van der Waals surface area contributed by atoms with Crippen LogP contribution < -0.4 is 21.6 Å². The van der Waals surface area contributed by atoms with Crippen molar-refractivity contribution in [1.29, 1.82) is 0 Å². The Hall–Kier alpha value is -3.11. The fourth-order valence-electron chi connectivity index (χ4n) is 2.15. The molecular formula is C12H10N5O5-. The minimum Gasteiger partial charge on any atom is -0.871 e. The maximum absolute atomic E-state index is 11.8. The van der Waals surface area contributed by atoms with E-state index >= 15 is 0 Å². The van der Waals surface area contributed by atoms with Crippen molar-refractivity contribution in [2.24, 2.45) is 0 Å². The molecule has 0 bridgehead atoms. The van der Waals surface area contributed by atoms with Crippen molar-refractivity contribution in [1.82, 2.24) is 19.5 Å². The van der Waals surface area contributed by atoms with Crippen LogP contribution in [-0.4, -0.2) is 29.9 Å². The van der Waals surface area contributed by atoms with E-state index in [0.29, 0.717) is 5.56 Å². The molecule has 2 aromatic heterocycles. The van der Waals surface area contributed by atoms with Gasteiger partial charge in [-0.2, -0.15) is 0 Å². The number of aromatic amines is 2. The SMILES string of the molecule is O=c1[nH]c(=O)c2c(ncn2Cc2ccc([O-])c(N(O)O)c2)[nH]1. The van der Waals surface area contributed by atoms with E-state index in [-0.39, 0.29) is 28.6 Å². The summed E-state index contributed by atoms with van der Waals surface area (Å²) >= 11 is 0. The molecule has 0 fully saturated rings. The van der Waals surface area contributed by atoms with Gasteiger partial charge < -0.3 is 9.67 Å². The van der Waals surface area contributed by atoms with Gasteiger partial charge in [0.25, 0.3) is 5.56 Å². The second kappa shape index (κ2) is 5.02. The van der Waals surface area contributed by atoms with Crippen molar-refractivity contribution in [2.45, 2.75) is 6.54 Å². The molecule has 0 radical (unpaired) electrons. The summed E-state index contributed by atoms with van der Waals surface area (Å²) in [7, 11) is 0. The van der Waals surface area contributed by atoms with Gasteiger partial charge in [0.15, 0.2) is 11.2 Å². The highest BCUT2D eigenvalue weighted by atomic mass is 16.8. The smallest absolute Gasteiger partial charge is 0.327 e. The monoisotopic (exact) mass is 304 g/mol. The van der Waals surface area contributed by atoms with Crippen LogP contribution in [0.3, 0.4) is 0 Å². The Morgan fingerprint density at radius 2 is 2.05 bits per heavy atom. The molecule has 0 saturated heterocycles. The molecule has 1 aromatic carbocycles. The van der Waals surface area contributed by atoms with Crippen LogP contribution in [0, 0.1) is 0 Å². The van der Waals surface area contributed by atoms with Gasteiger partial charge in [-0.25, -0.2) is 9.78 Å². The Kier molecular flexibility index (Phi) is 3.16. The Morgan fingerprint density at radius 1 is 1.27 bits per heavy atom. The van der Waals surface area contributed by atoms with E-state index in [1.165, 1.54) is 29.1 Å². The van der Waals surface area contributed by atoms with Crippen LogP contribution in [0.1, 0.15) is 5.56 Å². The number of H-pyrrole nitrogens is 2. The Balaban J connectivity index is 2.06. The molecule has 10 heteroatoms.